The zero-order chi connectivity index (χ0) is 19.8. The Morgan fingerprint density at radius 1 is 1.07 bits per heavy atom. The molecule has 0 spiro atoms. The van der Waals surface area contributed by atoms with Crippen molar-refractivity contribution in [2.75, 3.05) is 13.1 Å². The Balaban J connectivity index is 1.25. The van der Waals surface area contributed by atoms with Crippen LogP contribution < -0.4 is 0 Å². The van der Waals surface area contributed by atoms with Crippen LogP contribution in [0.5, 0.6) is 0 Å². The Kier molecular flexibility index (Phi) is 4.55. The molecule has 0 radical (unpaired) electrons. The fourth-order valence-electron chi connectivity index (χ4n) is 3.54. The van der Waals surface area contributed by atoms with E-state index in [-0.39, 0.29) is 17.6 Å². The van der Waals surface area contributed by atoms with E-state index >= 15 is 0 Å². The lowest BCUT2D eigenvalue weighted by Crippen LogP contribution is -2.37. The van der Waals surface area contributed by atoms with E-state index < -0.39 is 0 Å². The number of carbonyl (C=O) groups is 1. The Hall–Kier alpha value is -3.13. The number of fused-ring (bicyclic) bond motifs is 1. The van der Waals surface area contributed by atoms with Crippen molar-refractivity contribution in [3.05, 3.63) is 65.2 Å². The molecule has 146 valence electrons. The second-order valence-electron chi connectivity index (χ2n) is 7.01. The van der Waals surface area contributed by atoms with E-state index in [1.54, 1.807) is 12.1 Å². The third-order valence-electron chi connectivity index (χ3n) is 5.14. The van der Waals surface area contributed by atoms with E-state index in [2.05, 4.69) is 15.2 Å². The molecule has 0 aliphatic carbocycles. The minimum absolute atomic E-state index is 0.0258. The fraction of sp³-hybridized carbons (Fsp3) is 0.238. The maximum absolute atomic E-state index is 13.1. The lowest BCUT2D eigenvalue weighted by Gasteiger charge is -2.29. The monoisotopic (exact) mass is 408 g/mol. The standard InChI is InChI=1S/C21H17FN4O2S/c22-15-7-5-13(6-8-15)18-24-25-19(28-18)14-9-11-26(12-10-14)21(27)20-23-16-3-1-2-4-17(16)29-20/h1-8,14H,9-12H2. The molecular formula is C21H17FN4O2S. The zero-order valence-electron chi connectivity index (χ0n) is 15.4. The molecule has 8 heteroatoms. The number of likely N-dealkylation sites (tertiary alicyclic amines) is 1. The summed E-state index contributed by atoms with van der Waals surface area (Å²) in [6.07, 6.45) is 1.50. The van der Waals surface area contributed by atoms with Crippen LogP contribution in [0.25, 0.3) is 21.7 Å². The zero-order valence-corrected chi connectivity index (χ0v) is 16.2. The maximum atomic E-state index is 13.1. The molecule has 0 atom stereocenters. The average Bonchev–Trinajstić information content (AvgIpc) is 3.41. The molecule has 1 amide bonds. The number of carbonyl (C=O) groups excluding carboxylic acids is 1. The minimum atomic E-state index is -0.307. The molecule has 29 heavy (non-hydrogen) atoms. The predicted octanol–water partition coefficient (Wildman–Crippen LogP) is 4.51. The van der Waals surface area contributed by atoms with Crippen LogP contribution in [0, 0.1) is 5.82 Å². The van der Waals surface area contributed by atoms with Gasteiger partial charge in [-0.25, -0.2) is 9.37 Å². The van der Waals surface area contributed by atoms with Crippen molar-refractivity contribution in [3.63, 3.8) is 0 Å². The summed E-state index contributed by atoms with van der Waals surface area (Å²) in [5.41, 5.74) is 1.54. The highest BCUT2D eigenvalue weighted by Gasteiger charge is 2.29. The van der Waals surface area contributed by atoms with Gasteiger partial charge in [-0.1, -0.05) is 12.1 Å². The summed E-state index contributed by atoms with van der Waals surface area (Å²) in [5, 5.41) is 8.79. The van der Waals surface area contributed by atoms with E-state index in [1.807, 2.05) is 29.2 Å². The summed E-state index contributed by atoms with van der Waals surface area (Å²) in [6, 6.07) is 13.7. The smallest absolute Gasteiger partial charge is 0.282 e. The van der Waals surface area contributed by atoms with Crippen LogP contribution >= 0.6 is 11.3 Å². The lowest BCUT2D eigenvalue weighted by atomic mass is 9.97. The number of aromatic nitrogens is 3. The topological polar surface area (TPSA) is 72.1 Å². The van der Waals surface area contributed by atoms with Crippen molar-refractivity contribution in [3.8, 4) is 11.5 Å². The van der Waals surface area contributed by atoms with Gasteiger partial charge in [0, 0.05) is 24.6 Å². The molecule has 3 heterocycles. The molecule has 0 N–H and O–H groups in total. The van der Waals surface area contributed by atoms with Gasteiger partial charge in [-0.3, -0.25) is 4.79 Å². The van der Waals surface area contributed by atoms with Crippen molar-refractivity contribution < 1.29 is 13.6 Å². The number of para-hydroxylation sites is 1. The van der Waals surface area contributed by atoms with Gasteiger partial charge >= 0.3 is 0 Å². The van der Waals surface area contributed by atoms with Gasteiger partial charge in [0.15, 0.2) is 5.01 Å². The molecular weight excluding hydrogens is 391 g/mol. The fourth-order valence-corrected chi connectivity index (χ4v) is 4.47. The second kappa shape index (κ2) is 7.36. The summed E-state index contributed by atoms with van der Waals surface area (Å²) in [4.78, 5) is 19.1. The van der Waals surface area contributed by atoms with E-state index in [0.717, 1.165) is 23.1 Å². The normalized spacial score (nSPS) is 15.1. The van der Waals surface area contributed by atoms with Crippen molar-refractivity contribution in [1.82, 2.24) is 20.1 Å². The van der Waals surface area contributed by atoms with Gasteiger partial charge in [0.2, 0.25) is 11.8 Å². The number of halogens is 1. The molecule has 5 rings (SSSR count). The van der Waals surface area contributed by atoms with E-state index in [9.17, 15) is 9.18 Å². The molecule has 1 aliphatic rings. The third kappa shape index (κ3) is 3.51. The van der Waals surface area contributed by atoms with Gasteiger partial charge in [0.05, 0.1) is 10.2 Å². The first kappa shape index (κ1) is 17.9. The number of thiazole rings is 1. The van der Waals surface area contributed by atoms with Gasteiger partial charge in [0.25, 0.3) is 5.91 Å². The van der Waals surface area contributed by atoms with Crippen molar-refractivity contribution in [2.24, 2.45) is 0 Å². The number of nitrogens with zero attached hydrogens (tertiary/aromatic N) is 4. The number of piperidine rings is 1. The van der Waals surface area contributed by atoms with Crippen molar-refractivity contribution in [2.45, 2.75) is 18.8 Å². The largest absolute Gasteiger partial charge is 0.420 e. The number of rotatable bonds is 3. The van der Waals surface area contributed by atoms with Crippen LogP contribution in [0.3, 0.4) is 0 Å². The van der Waals surface area contributed by atoms with Gasteiger partial charge in [-0.2, -0.15) is 0 Å². The van der Waals surface area contributed by atoms with Gasteiger partial charge in [0.1, 0.15) is 5.82 Å². The van der Waals surface area contributed by atoms with E-state index in [4.69, 9.17) is 4.42 Å². The first-order valence-corrected chi connectivity index (χ1v) is 10.2. The molecule has 1 fully saturated rings. The van der Waals surface area contributed by atoms with Gasteiger partial charge in [-0.05, 0) is 49.2 Å². The molecule has 1 saturated heterocycles. The van der Waals surface area contributed by atoms with Crippen molar-refractivity contribution in [1.29, 1.82) is 0 Å². The summed E-state index contributed by atoms with van der Waals surface area (Å²) in [5.74, 6) is 0.723. The lowest BCUT2D eigenvalue weighted by molar-refractivity contribution is 0.0706. The number of hydrogen-bond donors (Lipinski definition) is 0. The molecule has 1 aliphatic heterocycles. The molecule has 0 unspecified atom stereocenters. The Labute approximate surface area is 170 Å². The molecule has 6 nitrogen and oxygen atoms in total. The summed E-state index contributed by atoms with van der Waals surface area (Å²) in [6.45, 7) is 1.24. The quantitative estimate of drug-likeness (QED) is 0.499. The SMILES string of the molecule is O=C(c1nc2ccccc2s1)N1CCC(c2nnc(-c3ccc(F)cc3)o2)CC1. The van der Waals surface area contributed by atoms with Crippen molar-refractivity contribution >= 4 is 27.5 Å². The van der Waals surface area contributed by atoms with E-state index in [0.29, 0.717) is 35.4 Å². The Morgan fingerprint density at radius 3 is 2.59 bits per heavy atom. The van der Waals surface area contributed by atoms with Crippen LogP contribution in [0.2, 0.25) is 0 Å². The molecule has 4 aromatic rings. The summed E-state index contributed by atoms with van der Waals surface area (Å²) >= 11 is 1.43. The molecule has 2 aromatic carbocycles. The maximum Gasteiger partial charge on any atom is 0.282 e. The minimum Gasteiger partial charge on any atom is -0.420 e. The highest BCUT2D eigenvalue weighted by molar-refractivity contribution is 7.20. The van der Waals surface area contributed by atoms with Crippen LogP contribution in [0.1, 0.15) is 34.5 Å². The van der Waals surface area contributed by atoms with Crippen LogP contribution in [0.4, 0.5) is 4.39 Å². The highest BCUT2D eigenvalue weighted by Crippen LogP contribution is 2.31. The highest BCUT2D eigenvalue weighted by atomic mass is 32.1. The number of amides is 1. The second-order valence-corrected chi connectivity index (χ2v) is 8.04. The Bertz CT molecular complexity index is 1130. The first-order valence-electron chi connectivity index (χ1n) is 9.41. The molecule has 0 bridgehead atoms. The molecule has 2 aromatic heterocycles. The predicted molar refractivity (Wildman–Crippen MR) is 107 cm³/mol. The van der Waals surface area contributed by atoms with Gasteiger partial charge < -0.3 is 9.32 Å². The Morgan fingerprint density at radius 2 is 1.83 bits per heavy atom. The summed E-state index contributed by atoms with van der Waals surface area (Å²) in [7, 11) is 0. The third-order valence-corrected chi connectivity index (χ3v) is 6.16. The van der Waals surface area contributed by atoms with Gasteiger partial charge in [-0.15, -0.1) is 21.5 Å². The van der Waals surface area contributed by atoms with Crippen LogP contribution in [-0.4, -0.2) is 39.1 Å². The van der Waals surface area contributed by atoms with Crippen LogP contribution in [0.15, 0.2) is 52.9 Å². The van der Waals surface area contributed by atoms with Crippen LogP contribution in [-0.2, 0) is 0 Å². The summed E-state index contributed by atoms with van der Waals surface area (Å²) < 4.78 is 19.9. The number of hydrogen-bond acceptors (Lipinski definition) is 6. The first-order chi connectivity index (χ1) is 14.2. The number of benzene rings is 2. The average molecular weight is 408 g/mol. The van der Waals surface area contributed by atoms with E-state index in [1.165, 1.54) is 23.5 Å². The molecule has 0 saturated carbocycles.